The van der Waals surface area contributed by atoms with E-state index in [1.54, 1.807) is 12.1 Å². The van der Waals surface area contributed by atoms with Crippen LogP contribution in [0.4, 0.5) is 10.1 Å². The lowest BCUT2D eigenvalue weighted by Gasteiger charge is -2.40. The van der Waals surface area contributed by atoms with Gasteiger partial charge < -0.3 is 10.2 Å². The van der Waals surface area contributed by atoms with E-state index in [2.05, 4.69) is 24.1 Å². The van der Waals surface area contributed by atoms with Gasteiger partial charge in [-0.3, -0.25) is 0 Å². The SMILES string of the molecule is C[C@@H]1NCCN(c2cccc(F)c2)[C@H]1C. The van der Waals surface area contributed by atoms with Gasteiger partial charge in [0.15, 0.2) is 0 Å². The maximum Gasteiger partial charge on any atom is 0.125 e. The summed E-state index contributed by atoms with van der Waals surface area (Å²) in [6.45, 7) is 6.23. The average Bonchev–Trinajstić information content (AvgIpc) is 2.22. The minimum absolute atomic E-state index is 0.161. The second kappa shape index (κ2) is 4.19. The lowest BCUT2D eigenvalue weighted by Crippen LogP contribution is -2.55. The van der Waals surface area contributed by atoms with Crippen LogP contribution in [0.3, 0.4) is 0 Å². The van der Waals surface area contributed by atoms with Gasteiger partial charge in [-0.1, -0.05) is 6.07 Å². The number of benzene rings is 1. The number of anilines is 1. The summed E-state index contributed by atoms with van der Waals surface area (Å²) < 4.78 is 13.1. The van der Waals surface area contributed by atoms with Gasteiger partial charge in [-0.15, -0.1) is 0 Å². The normalized spacial score (nSPS) is 26.7. The van der Waals surface area contributed by atoms with Crippen molar-refractivity contribution < 1.29 is 4.39 Å². The van der Waals surface area contributed by atoms with Crippen LogP contribution >= 0.6 is 0 Å². The minimum Gasteiger partial charge on any atom is -0.366 e. The summed E-state index contributed by atoms with van der Waals surface area (Å²) in [7, 11) is 0. The summed E-state index contributed by atoms with van der Waals surface area (Å²) in [5.41, 5.74) is 0.982. The lowest BCUT2D eigenvalue weighted by molar-refractivity contribution is 0.404. The number of rotatable bonds is 1. The number of halogens is 1. The van der Waals surface area contributed by atoms with Gasteiger partial charge in [0.05, 0.1) is 0 Å². The molecule has 82 valence electrons. The Morgan fingerprint density at radius 2 is 2.20 bits per heavy atom. The van der Waals surface area contributed by atoms with Crippen LogP contribution in [0.15, 0.2) is 24.3 Å². The topological polar surface area (TPSA) is 15.3 Å². The van der Waals surface area contributed by atoms with Crippen LogP contribution in [0.25, 0.3) is 0 Å². The molecule has 0 aliphatic carbocycles. The van der Waals surface area contributed by atoms with E-state index < -0.39 is 0 Å². The van der Waals surface area contributed by atoms with Crippen LogP contribution in [-0.2, 0) is 0 Å². The Hall–Kier alpha value is -1.09. The summed E-state index contributed by atoms with van der Waals surface area (Å²) in [5, 5.41) is 3.41. The van der Waals surface area contributed by atoms with Gasteiger partial charge in [0.1, 0.15) is 5.82 Å². The highest BCUT2D eigenvalue weighted by Gasteiger charge is 2.24. The number of nitrogens with one attached hydrogen (secondary N) is 1. The molecular weight excluding hydrogens is 191 g/mol. The molecule has 0 unspecified atom stereocenters. The van der Waals surface area contributed by atoms with Crippen LogP contribution in [0.1, 0.15) is 13.8 Å². The Balaban J connectivity index is 2.22. The first kappa shape index (κ1) is 10.4. The summed E-state index contributed by atoms with van der Waals surface area (Å²) in [6.07, 6.45) is 0. The standard InChI is InChI=1S/C12H17FN2/c1-9-10(2)15(7-6-14-9)12-5-3-4-11(13)8-12/h3-5,8-10,14H,6-7H2,1-2H3/t9-,10-/m0/s1. The molecule has 0 radical (unpaired) electrons. The third-order valence-corrected chi connectivity index (χ3v) is 3.17. The van der Waals surface area contributed by atoms with E-state index in [0.717, 1.165) is 18.8 Å². The molecule has 1 fully saturated rings. The Bertz CT molecular complexity index is 340. The van der Waals surface area contributed by atoms with Crippen molar-refractivity contribution in [2.75, 3.05) is 18.0 Å². The second-order valence-corrected chi connectivity index (χ2v) is 4.16. The maximum absolute atomic E-state index is 13.1. The summed E-state index contributed by atoms with van der Waals surface area (Å²) in [6, 6.07) is 7.68. The summed E-state index contributed by atoms with van der Waals surface area (Å²) in [5.74, 6) is -0.161. The van der Waals surface area contributed by atoms with E-state index in [1.165, 1.54) is 6.07 Å². The summed E-state index contributed by atoms with van der Waals surface area (Å²) in [4.78, 5) is 2.25. The smallest absolute Gasteiger partial charge is 0.125 e. The van der Waals surface area contributed by atoms with Crippen molar-refractivity contribution in [2.45, 2.75) is 25.9 Å². The molecule has 0 spiro atoms. The zero-order valence-corrected chi connectivity index (χ0v) is 9.20. The van der Waals surface area contributed by atoms with Crippen molar-refractivity contribution >= 4 is 5.69 Å². The van der Waals surface area contributed by atoms with E-state index in [-0.39, 0.29) is 5.82 Å². The fourth-order valence-corrected chi connectivity index (χ4v) is 2.08. The molecular formula is C12H17FN2. The first-order chi connectivity index (χ1) is 7.18. The van der Waals surface area contributed by atoms with Crippen molar-refractivity contribution in [3.63, 3.8) is 0 Å². The van der Waals surface area contributed by atoms with Crippen molar-refractivity contribution in [3.8, 4) is 0 Å². The highest BCUT2D eigenvalue weighted by atomic mass is 19.1. The van der Waals surface area contributed by atoms with Gasteiger partial charge in [0.25, 0.3) is 0 Å². The third kappa shape index (κ3) is 2.12. The molecule has 1 aliphatic rings. The highest BCUT2D eigenvalue weighted by molar-refractivity contribution is 5.48. The van der Waals surface area contributed by atoms with Crippen LogP contribution in [-0.4, -0.2) is 25.2 Å². The fourth-order valence-electron chi connectivity index (χ4n) is 2.08. The quantitative estimate of drug-likeness (QED) is 0.759. The molecule has 0 saturated carbocycles. The van der Waals surface area contributed by atoms with Crippen molar-refractivity contribution in [3.05, 3.63) is 30.1 Å². The Labute approximate surface area is 90.1 Å². The molecule has 0 amide bonds. The minimum atomic E-state index is -0.161. The molecule has 1 N–H and O–H groups in total. The lowest BCUT2D eigenvalue weighted by atomic mass is 10.1. The zero-order valence-electron chi connectivity index (χ0n) is 9.20. The molecule has 1 aromatic carbocycles. The van der Waals surface area contributed by atoms with Gasteiger partial charge in [0.2, 0.25) is 0 Å². The second-order valence-electron chi connectivity index (χ2n) is 4.16. The Kier molecular flexibility index (Phi) is 2.91. The molecule has 2 nitrogen and oxygen atoms in total. The number of nitrogens with zero attached hydrogens (tertiary/aromatic N) is 1. The van der Waals surface area contributed by atoms with Crippen molar-refractivity contribution in [1.82, 2.24) is 5.32 Å². The maximum atomic E-state index is 13.1. The fraction of sp³-hybridized carbons (Fsp3) is 0.500. The zero-order chi connectivity index (χ0) is 10.8. The van der Waals surface area contributed by atoms with Crippen LogP contribution in [0, 0.1) is 5.82 Å². The van der Waals surface area contributed by atoms with E-state index in [1.807, 2.05) is 6.07 Å². The largest absolute Gasteiger partial charge is 0.366 e. The molecule has 0 bridgehead atoms. The van der Waals surface area contributed by atoms with E-state index in [9.17, 15) is 4.39 Å². The Morgan fingerprint density at radius 3 is 2.93 bits per heavy atom. The predicted octanol–water partition coefficient (Wildman–Crippen LogP) is 2.01. The van der Waals surface area contributed by atoms with Crippen LogP contribution < -0.4 is 10.2 Å². The molecule has 0 aromatic heterocycles. The molecule has 15 heavy (non-hydrogen) atoms. The van der Waals surface area contributed by atoms with Gasteiger partial charge in [-0.2, -0.15) is 0 Å². The van der Waals surface area contributed by atoms with Gasteiger partial charge >= 0.3 is 0 Å². The summed E-state index contributed by atoms with van der Waals surface area (Å²) >= 11 is 0. The molecule has 3 heteroatoms. The van der Waals surface area contributed by atoms with Gasteiger partial charge in [-0.25, -0.2) is 4.39 Å². The number of hydrogen-bond acceptors (Lipinski definition) is 2. The molecule has 2 rings (SSSR count). The third-order valence-electron chi connectivity index (χ3n) is 3.17. The van der Waals surface area contributed by atoms with Crippen molar-refractivity contribution in [1.29, 1.82) is 0 Å². The average molecular weight is 208 g/mol. The predicted molar refractivity (Wildman–Crippen MR) is 60.7 cm³/mol. The monoisotopic (exact) mass is 208 g/mol. The van der Waals surface area contributed by atoms with E-state index >= 15 is 0 Å². The molecule has 2 atom stereocenters. The van der Waals surface area contributed by atoms with Crippen molar-refractivity contribution in [2.24, 2.45) is 0 Å². The molecule has 1 aliphatic heterocycles. The van der Waals surface area contributed by atoms with Gasteiger partial charge in [0, 0.05) is 30.9 Å². The number of piperazine rings is 1. The first-order valence-electron chi connectivity index (χ1n) is 5.44. The first-order valence-corrected chi connectivity index (χ1v) is 5.44. The molecule has 1 saturated heterocycles. The Morgan fingerprint density at radius 1 is 1.40 bits per heavy atom. The molecule has 1 heterocycles. The van der Waals surface area contributed by atoms with Crippen LogP contribution in [0.2, 0.25) is 0 Å². The van der Waals surface area contributed by atoms with Crippen LogP contribution in [0.5, 0.6) is 0 Å². The number of hydrogen-bond donors (Lipinski definition) is 1. The highest BCUT2D eigenvalue weighted by Crippen LogP contribution is 2.21. The molecule has 1 aromatic rings. The van der Waals surface area contributed by atoms with E-state index in [4.69, 9.17) is 0 Å². The van der Waals surface area contributed by atoms with E-state index in [0.29, 0.717) is 12.1 Å². The van der Waals surface area contributed by atoms with Gasteiger partial charge in [-0.05, 0) is 32.0 Å².